The third-order valence-corrected chi connectivity index (χ3v) is 6.46. The molecule has 0 bridgehead atoms. The first kappa shape index (κ1) is 20.1. The molecule has 2 aromatic carbocycles. The first-order valence-corrected chi connectivity index (χ1v) is 11.0. The van der Waals surface area contributed by atoms with E-state index in [1.807, 2.05) is 0 Å². The summed E-state index contributed by atoms with van der Waals surface area (Å²) in [6.07, 6.45) is 8.47. The molecule has 1 fully saturated rings. The quantitative estimate of drug-likeness (QED) is 0.380. The Labute approximate surface area is 166 Å². The van der Waals surface area contributed by atoms with Crippen molar-refractivity contribution in [2.24, 2.45) is 5.92 Å². The highest BCUT2D eigenvalue weighted by atomic mass is 16.6. The molecule has 3 rings (SSSR count). The molecule has 1 nitrogen and oxygen atoms in total. The largest absolute Gasteiger partial charge is 0.370 e. The van der Waals surface area contributed by atoms with Crippen molar-refractivity contribution in [3.8, 4) is 0 Å². The minimum absolute atomic E-state index is 0.485. The van der Waals surface area contributed by atoms with E-state index in [2.05, 4.69) is 81.4 Å². The lowest BCUT2D eigenvalue weighted by Crippen LogP contribution is -2.08. The minimum Gasteiger partial charge on any atom is -0.370 e. The second kappa shape index (κ2) is 10.1. The average Bonchev–Trinajstić information content (AvgIpc) is 3.48. The Morgan fingerprint density at radius 3 is 2.04 bits per heavy atom. The molecular weight excluding hydrogens is 328 g/mol. The molecule has 1 heterocycles. The van der Waals surface area contributed by atoms with Crippen LogP contribution in [0.3, 0.4) is 0 Å². The summed E-state index contributed by atoms with van der Waals surface area (Å²) >= 11 is 0. The fraction of sp³-hybridized carbons (Fsp3) is 0.538. The van der Waals surface area contributed by atoms with Crippen molar-refractivity contribution in [2.45, 2.75) is 83.3 Å². The zero-order chi connectivity index (χ0) is 19.1. The molecule has 0 radical (unpaired) electrons. The zero-order valence-electron chi connectivity index (χ0n) is 17.3. The van der Waals surface area contributed by atoms with E-state index in [0.29, 0.717) is 24.0 Å². The molecule has 0 N–H and O–H groups in total. The minimum atomic E-state index is 0.485. The predicted molar refractivity (Wildman–Crippen MR) is 115 cm³/mol. The van der Waals surface area contributed by atoms with Gasteiger partial charge < -0.3 is 4.74 Å². The third-order valence-electron chi connectivity index (χ3n) is 6.46. The summed E-state index contributed by atoms with van der Waals surface area (Å²) in [5.41, 5.74) is 2.95. The van der Waals surface area contributed by atoms with E-state index in [1.165, 1.54) is 49.7 Å². The number of rotatable bonds is 11. The van der Waals surface area contributed by atoms with Crippen LogP contribution < -0.4 is 0 Å². The monoisotopic (exact) mass is 364 g/mol. The Morgan fingerprint density at radius 1 is 0.815 bits per heavy atom. The van der Waals surface area contributed by atoms with Gasteiger partial charge in [-0.1, -0.05) is 87.9 Å². The fourth-order valence-electron chi connectivity index (χ4n) is 4.49. The molecule has 1 aliphatic heterocycles. The van der Waals surface area contributed by atoms with Gasteiger partial charge in [-0.2, -0.15) is 0 Å². The summed E-state index contributed by atoms with van der Waals surface area (Å²) < 4.78 is 6.06. The zero-order valence-corrected chi connectivity index (χ0v) is 17.3. The topological polar surface area (TPSA) is 12.5 Å². The maximum atomic E-state index is 6.06. The number of epoxide rings is 1. The molecule has 2 aromatic rings. The maximum Gasteiger partial charge on any atom is 0.0847 e. The Morgan fingerprint density at radius 2 is 1.44 bits per heavy atom. The van der Waals surface area contributed by atoms with Crippen molar-refractivity contribution >= 4 is 0 Å². The first-order valence-electron chi connectivity index (χ1n) is 11.0. The summed E-state index contributed by atoms with van der Waals surface area (Å²) in [4.78, 5) is 0. The first-order chi connectivity index (χ1) is 13.2. The van der Waals surface area contributed by atoms with Crippen LogP contribution in [0.15, 0.2) is 60.7 Å². The molecule has 0 spiro atoms. The molecule has 5 unspecified atom stereocenters. The van der Waals surface area contributed by atoms with Crippen LogP contribution in [-0.2, 0) is 4.74 Å². The second-order valence-corrected chi connectivity index (χ2v) is 8.36. The Balaban J connectivity index is 1.42. The summed E-state index contributed by atoms with van der Waals surface area (Å²) in [5.74, 6) is 2.09. The van der Waals surface area contributed by atoms with Gasteiger partial charge >= 0.3 is 0 Å². The lowest BCUT2D eigenvalue weighted by atomic mass is 9.85. The number of hydrogen-bond donors (Lipinski definition) is 0. The SMILES string of the molecule is CCC(CCC1OC1CC(CC)c1ccccc1)CC(C)c1ccccc1. The maximum absolute atomic E-state index is 6.06. The van der Waals surface area contributed by atoms with Crippen LogP contribution in [0.1, 0.15) is 82.3 Å². The van der Waals surface area contributed by atoms with Gasteiger partial charge in [0.1, 0.15) is 0 Å². The van der Waals surface area contributed by atoms with Crippen LogP contribution in [-0.4, -0.2) is 12.2 Å². The van der Waals surface area contributed by atoms with Crippen molar-refractivity contribution in [1.82, 2.24) is 0 Å². The average molecular weight is 365 g/mol. The summed E-state index contributed by atoms with van der Waals surface area (Å²) in [7, 11) is 0. The summed E-state index contributed by atoms with van der Waals surface area (Å²) in [6, 6.07) is 21.9. The molecule has 0 saturated carbocycles. The van der Waals surface area contributed by atoms with E-state index in [9.17, 15) is 0 Å². The molecule has 27 heavy (non-hydrogen) atoms. The van der Waals surface area contributed by atoms with Gasteiger partial charge in [0.05, 0.1) is 12.2 Å². The fourth-order valence-corrected chi connectivity index (χ4v) is 4.49. The molecule has 0 aliphatic carbocycles. The van der Waals surface area contributed by atoms with Crippen molar-refractivity contribution in [2.75, 3.05) is 0 Å². The predicted octanol–water partition coefficient (Wildman–Crippen LogP) is 7.34. The van der Waals surface area contributed by atoms with E-state index < -0.39 is 0 Å². The normalized spacial score (nSPS) is 22.2. The van der Waals surface area contributed by atoms with Gasteiger partial charge in [-0.15, -0.1) is 0 Å². The van der Waals surface area contributed by atoms with Crippen molar-refractivity contribution in [3.63, 3.8) is 0 Å². The molecule has 0 aromatic heterocycles. The van der Waals surface area contributed by atoms with E-state index in [4.69, 9.17) is 4.74 Å². The highest BCUT2D eigenvalue weighted by Gasteiger charge is 2.39. The van der Waals surface area contributed by atoms with E-state index in [0.717, 1.165) is 5.92 Å². The van der Waals surface area contributed by atoms with E-state index in [-0.39, 0.29) is 0 Å². The van der Waals surface area contributed by atoms with Crippen molar-refractivity contribution < 1.29 is 4.74 Å². The number of benzene rings is 2. The van der Waals surface area contributed by atoms with E-state index >= 15 is 0 Å². The van der Waals surface area contributed by atoms with Crippen LogP contribution in [0.4, 0.5) is 0 Å². The lowest BCUT2D eigenvalue weighted by Gasteiger charge is -2.20. The van der Waals surface area contributed by atoms with Crippen molar-refractivity contribution in [1.29, 1.82) is 0 Å². The van der Waals surface area contributed by atoms with Gasteiger partial charge in [0.15, 0.2) is 0 Å². The number of hydrogen-bond acceptors (Lipinski definition) is 1. The Bertz CT molecular complexity index is 650. The van der Waals surface area contributed by atoms with Crippen LogP contribution in [0.2, 0.25) is 0 Å². The molecule has 5 atom stereocenters. The van der Waals surface area contributed by atoms with Crippen molar-refractivity contribution in [3.05, 3.63) is 71.8 Å². The second-order valence-electron chi connectivity index (χ2n) is 8.36. The van der Waals surface area contributed by atoms with Gasteiger partial charge in [0.25, 0.3) is 0 Å². The Hall–Kier alpha value is -1.60. The van der Waals surface area contributed by atoms with Gasteiger partial charge in [-0.25, -0.2) is 0 Å². The third kappa shape index (κ3) is 5.94. The standard InChI is InChI=1S/C26H36O/c1-4-21(18-20(3)23-12-8-6-9-13-23)16-17-25-26(27-25)19-22(5-2)24-14-10-7-11-15-24/h6-15,20-22,25-26H,4-5,16-19H2,1-3H3. The van der Waals surface area contributed by atoms with Gasteiger partial charge in [-0.3, -0.25) is 0 Å². The molecule has 1 heteroatoms. The summed E-state index contributed by atoms with van der Waals surface area (Å²) in [5, 5.41) is 0. The smallest absolute Gasteiger partial charge is 0.0847 e. The summed E-state index contributed by atoms with van der Waals surface area (Å²) in [6.45, 7) is 7.02. The van der Waals surface area contributed by atoms with Crippen LogP contribution in [0.25, 0.3) is 0 Å². The molecule has 1 saturated heterocycles. The van der Waals surface area contributed by atoms with E-state index in [1.54, 1.807) is 0 Å². The van der Waals surface area contributed by atoms with Crippen LogP contribution in [0.5, 0.6) is 0 Å². The molecular formula is C26H36O. The molecule has 1 aliphatic rings. The Kier molecular flexibility index (Phi) is 7.52. The molecule has 146 valence electrons. The van der Waals surface area contributed by atoms with Gasteiger partial charge in [-0.05, 0) is 61.0 Å². The highest BCUT2D eigenvalue weighted by molar-refractivity contribution is 5.20. The van der Waals surface area contributed by atoms with Crippen LogP contribution >= 0.6 is 0 Å². The number of ether oxygens (including phenoxy) is 1. The highest BCUT2D eigenvalue weighted by Crippen LogP contribution is 2.38. The molecule has 0 amide bonds. The van der Waals surface area contributed by atoms with Gasteiger partial charge in [0.2, 0.25) is 0 Å². The lowest BCUT2D eigenvalue weighted by molar-refractivity contribution is 0.324. The van der Waals surface area contributed by atoms with Crippen LogP contribution in [0, 0.1) is 5.92 Å². The van der Waals surface area contributed by atoms with Gasteiger partial charge in [0, 0.05) is 0 Å².